The molecule has 2 heterocycles. The van der Waals surface area contributed by atoms with Gasteiger partial charge in [0.25, 0.3) is 0 Å². The maximum atomic E-state index is 5.96. The van der Waals surface area contributed by atoms with E-state index in [0.717, 1.165) is 13.0 Å². The van der Waals surface area contributed by atoms with Crippen LogP contribution in [0.1, 0.15) is 29.6 Å². The molecular weight excluding hydrogens is 173 g/mol. The van der Waals surface area contributed by atoms with Crippen LogP contribution in [-0.4, -0.2) is 20.6 Å². The van der Waals surface area contributed by atoms with Gasteiger partial charge in [0.2, 0.25) is 7.98 Å². The van der Waals surface area contributed by atoms with Crippen LogP contribution in [0.5, 0.6) is 0 Å². The highest BCUT2D eigenvalue weighted by molar-refractivity contribution is 6.19. The van der Waals surface area contributed by atoms with Crippen molar-refractivity contribution in [2.75, 3.05) is 11.4 Å². The molecule has 1 aromatic rings. The van der Waals surface area contributed by atoms with E-state index in [2.05, 4.69) is 18.2 Å². The van der Waals surface area contributed by atoms with Gasteiger partial charge in [-0.15, -0.1) is 0 Å². The molecule has 1 fully saturated rings. The summed E-state index contributed by atoms with van der Waals surface area (Å²) in [4.78, 5) is 1.88. The number of benzene rings is 1. The van der Waals surface area contributed by atoms with Crippen LogP contribution in [-0.2, 0) is 4.74 Å². The molecular formula is C11H10BNO. The SMILES string of the molecule is [B]N1C[C@H]2C[C@@H]3O[C@@H]3c3cccc1c32. The van der Waals surface area contributed by atoms with Crippen LogP contribution < -0.4 is 4.81 Å². The van der Waals surface area contributed by atoms with E-state index in [9.17, 15) is 0 Å². The minimum atomic E-state index is 0.382. The van der Waals surface area contributed by atoms with Crippen LogP contribution in [0.3, 0.4) is 0 Å². The molecule has 2 nitrogen and oxygen atoms in total. The quantitative estimate of drug-likeness (QED) is 0.447. The molecule has 2 radical (unpaired) electrons. The van der Waals surface area contributed by atoms with Crippen molar-refractivity contribution in [2.45, 2.75) is 24.5 Å². The van der Waals surface area contributed by atoms with Crippen molar-refractivity contribution < 1.29 is 4.74 Å². The average molecular weight is 183 g/mol. The topological polar surface area (TPSA) is 15.8 Å². The summed E-state index contributed by atoms with van der Waals surface area (Å²) in [5.41, 5.74) is 4.05. The van der Waals surface area contributed by atoms with Gasteiger partial charge in [-0.2, -0.15) is 0 Å². The van der Waals surface area contributed by atoms with Gasteiger partial charge in [0.15, 0.2) is 0 Å². The summed E-state index contributed by atoms with van der Waals surface area (Å²) in [5.74, 6) is 0.606. The Morgan fingerprint density at radius 1 is 1.43 bits per heavy atom. The van der Waals surface area contributed by atoms with Gasteiger partial charge in [0, 0.05) is 18.2 Å². The normalized spacial score (nSPS) is 36.6. The Hall–Kier alpha value is -0.955. The smallest absolute Gasteiger partial charge is 0.226 e. The second kappa shape index (κ2) is 2.17. The summed E-state index contributed by atoms with van der Waals surface area (Å²) < 4.78 is 5.64. The molecule has 3 atom stereocenters. The van der Waals surface area contributed by atoms with Crippen LogP contribution in [0.2, 0.25) is 0 Å². The van der Waals surface area contributed by atoms with Gasteiger partial charge in [-0.05, 0) is 23.6 Å². The molecule has 68 valence electrons. The molecule has 4 rings (SSSR count). The van der Waals surface area contributed by atoms with Crippen molar-refractivity contribution in [1.29, 1.82) is 0 Å². The number of nitrogens with zero attached hydrogens (tertiary/aromatic N) is 1. The minimum Gasteiger partial charge on any atom is -0.424 e. The lowest BCUT2D eigenvalue weighted by Gasteiger charge is -2.16. The molecule has 14 heavy (non-hydrogen) atoms. The van der Waals surface area contributed by atoms with Gasteiger partial charge in [-0.25, -0.2) is 0 Å². The highest BCUT2D eigenvalue weighted by atomic mass is 16.6. The van der Waals surface area contributed by atoms with Crippen molar-refractivity contribution in [3.63, 3.8) is 0 Å². The van der Waals surface area contributed by atoms with Crippen molar-refractivity contribution in [1.82, 2.24) is 0 Å². The summed E-state index contributed by atoms with van der Waals surface area (Å²) in [6.07, 6.45) is 2.02. The van der Waals surface area contributed by atoms with Crippen molar-refractivity contribution >= 4 is 13.7 Å². The zero-order chi connectivity index (χ0) is 9.28. The lowest BCUT2D eigenvalue weighted by Crippen LogP contribution is -2.18. The first-order valence-corrected chi connectivity index (χ1v) is 5.15. The Balaban J connectivity index is 2.00. The van der Waals surface area contributed by atoms with Gasteiger partial charge in [-0.3, -0.25) is 0 Å². The predicted molar refractivity (Wildman–Crippen MR) is 54.5 cm³/mol. The first-order valence-electron chi connectivity index (χ1n) is 5.15. The monoisotopic (exact) mass is 183 g/mol. The summed E-state index contributed by atoms with van der Waals surface area (Å²) in [6, 6.07) is 6.39. The fraction of sp³-hybridized carbons (Fsp3) is 0.455. The number of fused-ring (bicyclic) bond motifs is 2. The highest BCUT2D eigenvalue weighted by Gasteiger charge is 2.50. The number of epoxide rings is 1. The standard InChI is InChI=1S/C11H10BNO/c12-13-5-6-4-9-11(14-9)7-2-1-3-8(13)10(6)7/h1-3,6,9,11H,4-5H2/t6-,9+,11-/m1/s1. The fourth-order valence-corrected chi connectivity index (χ4v) is 3.01. The van der Waals surface area contributed by atoms with Crippen molar-refractivity contribution in [3.8, 4) is 0 Å². The van der Waals surface area contributed by atoms with E-state index in [1.807, 2.05) is 4.81 Å². The molecule has 0 unspecified atom stereocenters. The number of ether oxygens (including phenoxy) is 1. The maximum Gasteiger partial charge on any atom is 0.226 e. The van der Waals surface area contributed by atoms with Crippen molar-refractivity contribution in [2.24, 2.45) is 0 Å². The molecule has 0 saturated carbocycles. The largest absolute Gasteiger partial charge is 0.424 e. The number of hydrogen-bond acceptors (Lipinski definition) is 2. The van der Waals surface area contributed by atoms with Crippen LogP contribution in [0.25, 0.3) is 0 Å². The van der Waals surface area contributed by atoms with E-state index < -0.39 is 0 Å². The molecule has 3 heteroatoms. The third-order valence-corrected chi connectivity index (χ3v) is 3.66. The molecule has 3 aliphatic rings. The van der Waals surface area contributed by atoms with Crippen LogP contribution in [0.15, 0.2) is 18.2 Å². The first-order chi connectivity index (χ1) is 6.84. The predicted octanol–water partition coefficient (Wildman–Crippen LogP) is 1.52. The molecule has 1 saturated heterocycles. The molecule has 1 aromatic carbocycles. The second-order valence-corrected chi connectivity index (χ2v) is 4.46. The van der Waals surface area contributed by atoms with Gasteiger partial charge in [-0.1, -0.05) is 12.1 Å². The zero-order valence-electron chi connectivity index (χ0n) is 7.81. The summed E-state index contributed by atoms with van der Waals surface area (Å²) in [7, 11) is 5.96. The third kappa shape index (κ3) is 0.731. The molecule has 1 aliphatic carbocycles. The molecule has 2 aliphatic heterocycles. The summed E-state index contributed by atoms with van der Waals surface area (Å²) in [6.45, 7) is 0.957. The number of hydrogen-bond donors (Lipinski definition) is 0. The van der Waals surface area contributed by atoms with Crippen molar-refractivity contribution in [3.05, 3.63) is 29.3 Å². The first kappa shape index (κ1) is 7.35. The average Bonchev–Trinajstić information content (AvgIpc) is 2.89. The lowest BCUT2D eigenvalue weighted by atomic mass is 9.84. The Kier molecular flexibility index (Phi) is 1.14. The lowest BCUT2D eigenvalue weighted by molar-refractivity contribution is 0.366. The Labute approximate surface area is 84.3 Å². The molecule has 0 amide bonds. The van der Waals surface area contributed by atoms with E-state index in [1.54, 1.807) is 0 Å². The third-order valence-electron chi connectivity index (χ3n) is 3.66. The van der Waals surface area contributed by atoms with E-state index in [-0.39, 0.29) is 0 Å². The van der Waals surface area contributed by atoms with E-state index in [1.165, 1.54) is 16.8 Å². The summed E-state index contributed by atoms with van der Waals surface area (Å²) >= 11 is 0. The molecule has 0 N–H and O–H groups in total. The fourth-order valence-electron chi connectivity index (χ4n) is 3.01. The summed E-state index contributed by atoms with van der Waals surface area (Å²) in [5, 5.41) is 0. The Bertz CT molecular complexity index is 420. The van der Waals surface area contributed by atoms with E-state index in [4.69, 9.17) is 12.7 Å². The van der Waals surface area contributed by atoms with Crippen LogP contribution in [0, 0.1) is 0 Å². The highest BCUT2D eigenvalue weighted by Crippen LogP contribution is 2.55. The number of rotatable bonds is 0. The molecule has 0 spiro atoms. The molecule has 0 bridgehead atoms. The molecule has 0 aromatic heterocycles. The maximum absolute atomic E-state index is 5.96. The van der Waals surface area contributed by atoms with Crippen LogP contribution >= 0.6 is 0 Å². The number of anilines is 1. The minimum absolute atomic E-state index is 0.382. The Morgan fingerprint density at radius 3 is 3.29 bits per heavy atom. The van der Waals surface area contributed by atoms with Gasteiger partial charge in [0.05, 0.1) is 6.10 Å². The van der Waals surface area contributed by atoms with E-state index >= 15 is 0 Å². The van der Waals surface area contributed by atoms with Gasteiger partial charge in [0.1, 0.15) is 6.10 Å². The second-order valence-electron chi connectivity index (χ2n) is 4.46. The van der Waals surface area contributed by atoms with Gasteiger partial charge >= 0.3 is 0 Å². The van der Waals surface area contributed by atoms with E-state index in [0.29, 0.717) is 18.1 Å². The van der Waals surface area contributed by atoms with Gasteiger partial charge < -0.3 is 9.55 Å². The Morgan fingerprint density at radius 2 is 2.36 bits per heavy atom. The zero-order valence-corrected chi connectivity index (χ0v) is 7.81. The van der Waals surface area contributed by atoms with Crippen LogP contribution in [0.4, 0.5) is 5.69 Å².